The van der Waals surface area contributed by atoms with E-state index in [1.165, 1.54) is 0 Å². The largest absolute Gasteiger partial charge is 0.411 e. The molecule has 0 amide bonds. The normalized spacial score (nSPS) is 24.7. The van der Waals surface area contributed by atoms with Gasteiger partial charge in [-0.2, -0.15) is 13.2 Å². The summed E-state index contributed by atoms with van der Waals surface area (Å²) in [5, 5.41) is 3.56. The summed E-state index contributed by atoms with van der Waals surface area (Å²) < 4.78 is 41.0. The SMILES string of the molecule is CCCC1CN(CCOCC(F)(F)F)C(CC(C)C)CN1. The molecule has 1 saturated heterocycles. The van der Waals surface area contributed by atoms with E-state index in [-0.39, 0.29) is 6.61 Å². The zero-order valence-electron chi connectivity index (χ0n) is 13.4. The Labute approximate surface area is 126 Å². The molecule has 1 fully saturated rings. The Kier molecular flexibility index (Phi) is 7.98. The fraction of sp³-hybridized carbons (Fsp3) is 1.00. The Hall–Kier alpha value is -0.330. The van der Waals surface area contributed by atoms with Crippen molar-refractivity contribution in [2.24, 2.45) is 5.92 Å². The number of hydrogen-bond acceptors (Lipinski definition) is 3. The van der Waals surface area contributed by atoms with E-state index in [0.717, 1.165) is 32.4 Å². The fourth-order valence-electron chi connectivity index (χ4n) is 2.89. The van der Waals surface area contributed by atoms with Crippen LogP contribution >= 0.6 is 0 Å². The molecule has 0 radical (unpaired) electrons. The summed E-state index contributed by atoms with van der Waals surface area (Å²) in [5.41, 5.74) is 0. The van der Waals surface area contributed by atoms with E-state index in [9.17, 15) is 13.2 Å². The first-order valence-electron chi connectivity index (χ1n) is 7.93. The van der Waals surface area contributed by atoms with Gasteiger partial charge >= 0.3 is 6.18 Å². The minimum absolute atomic E-state index is 0.146. The van der Waals surface area contributed by atoms with Gasteiger partial charge in [-0.25, -0.2) is 0 Å². The molecule has 0 aromatic carbocycles. The van der Waals surface area contributed by atoms with Crippen LogP contribution in [0.4, 0.5) is 13.2 Å². The maximum Gasteiger partial charge on any atom is 0.411 e. The molecule has 0 bridgehead atoms. The van der Waals surface area contributed by atoms with Gasteiger partial charge in [-0.15, -0.1) is 0 Å². The summed E-state index contributed by atoms with van der Waals surface area (Å²) in [7, 11) is 0. The summed E-state index contributed by atoms with van der Waals surface area (Å²) >= 11 is 0. The zero-order valence-corrected chi connectivity index (χ0v) is 13.4. The lowest BCUT2D eigenvalue weighted by Gasteiger charge is -2.41. The second-order valence-corrected chi connectivity index (χ2v) is 6.34. The number of nitrogens with zero attached hydrogens (tertiary/aromatic N) is 1. The molecule has 0 aromatic heterocycles. The predicted molar refractivity (Wildman–Crippen MR) is 78.4 cm³/mol. The summed E-state index contributed by atoms with van der Waals surface area (Å²) in [6.07, 6.45) is -0.949. The quantitative estimate of drug-likeness (QED) is 0.697. The average Bonchev–Trinajstić information content (AvgIpc) is 2.36. The van der Waals surface area contributed by atoms with Gasteiger partial charge in [0.2, 0.25) is 0 Å². The molecule has 126 valence electrons. The van der Waals surface area contributed by atoms with Gasteiger partial charge in [-0.05, 0) is 18.8 Å². The Bertz CT molecular complexity index is 285. The summed E-state index contributed by atoms with van der Waals surface area (Å²) in [6, 6.07) is 0.841. The molecule has 1 aliphatic rings. The van der Waals surface area contributed by atoms with Crippen LogP contribution in [0, 0.1) is 5.92 Å². The van der Waals surface area contributed by atoms with Gasteiger partial charge in [-0.1, -0.05) is 27.2 Å². The van der Waals surface area contributed by atoms with Crippen molar-refractivity contribution >= 4 is 0 Å². The molecule has 0 aromatic rings. The smallest absolute Gasteiger partial charge is 0.371 e. The molecule has 0 spiro atoms. The standard InChI is InChI=1S/C15H29F3N2O/c1-4-5-13-10-20(6-7-21-11-15(16,17)18)14(9-19-13)8-12(2)3/h12-14,19H,4-11H2,1-3H3. The second kappa shape index (κ2) is 8.96. The van der Waals surface area contributed by atoms with Gasteiger partial charge in [0.05, 0.1) is 6.61 Å². The van der Waals surface area contributed by atoms with Gasteiger partial charge in [-0.3, -0.25) is 4.90 Å². The molecular weight excluding hydrogens is 281 g/mol. The first kappa shape index (κ1) is 18.7. The third-order valence-corrected chi connectivity index (χ3v) is 3.78. The average molecular weight is 310 g/mol. The van der Waals surface area contributed by atoms with Crippen molar-refractivity contribution in [1.29, 1.82) is 0 Å². The molecular formula is C15H29F3N2O. The van der Waals surface area contributed by atoms with Crippen molar-refractivity contribution in [2.45, 2.75) is 58.3 Å². The van der Waals surface area contributed by atoms with Crippen molar-refractivity contribution in [3.8, 4) is 0 Å². The van der Waals surface area contributed by atoms with E-state index in [1.807, 2.05) is 0 Å². The van der Waals surface area contributed by atoms with Gasteiger partial charge in [0.1, 0.15) is 6.61 Å². The number of rotatable bonds is 8. The van der Waals surface area contributed by atoms with Gasteiger partial charge in [0.25, 0.3) is 0 Å². The van der Waals surface area contributed by atoms with E-state index in [2.05, 4.69) is 31.0 Å². The highest BCUT2D eigenvalue weighted by Crippen LogP contribution is 2.18. The lowest BCUT2D eigenvalue weighted by atomic mass is 9.98. The molecule has 1 N–H and O–H groups in total. The van der Waals surface area contributed by atoms with E-state index in [0.29, 0.717) is 24.5 Å². The predicted octanol–water partition coefficient (Wildman–Crippen LogP) is 3.05. The highest BCUT2D eigenvalue weighted by atomic mass is 19.4. The topological polar surface area (TPSA) is 24.5 Å². The van der Waals surface area contributed by atoms with E-state index in [1.54, 1.807) is 0 Å². The van der Waals surface area contributed by atoms with Crippen molar-refractivity contribution < 1.29 is 17.9 Å². The van der Waals surface area contributed by atoms with Crippen LogP contribution in [-0.2, 0) is 4.74 Å². The molecule has 0 aliphatic carbocycles. The maximum absolute atomic E-state index is 12.1. The van der Waals surface area contributed by atoms with Crippen LogP contribution in [0.2, 0.25) is 0 Å². The monoisotopic (exact) mass is 310 g/mol. The van der Waals surface area contributed by atoms with Gasteiger partial charge in [0.15, 0.2) is 0 Å². The highest BCUT2D eigenvalue weighted by Gasteiger charge is 2.29. The van der Waals surface area contributed by atoms with Crippen LogP contribution in [-0.4, -0.2) is 56.0 Å². The zero-order chi connectivity index (χ0) is 15.9. The molecule has 0 saturated carbocycles. The van der Waals surface area contributed by atoms with Crippen LogP contribution < -0.4 is 5.32 Å². The Morgan fingerprint density at radius 1 is 1.33 bits per heavy atom. The number of piperazine rings is 1. The Morgan fingerprint density at radius 3 is 2.62 bits per heavy atom. The molecule has 1 rings (SSSR count). The van der Waals surface area contributed by atoms with E-state index < -0.39 is 12.8 Å². The first-order valence-corrected chi connectivity index (χ1v) is 7.93. The minimum Gasteiger partial charge on any atom is -0.371 e. The molecule has 3 nitrogen and oxygen atoms in total. The number of alkyl halides is 3. The van der Waals surface area contributed by atoms with Crippen LogP contribution in [0.3, 0.4) is 0 Å². The number of hydrogen-bond donors (Lipinski definition) is 1. The summed E-state index contributed by atoms with van der Waals surface area (Å²) in [4.78, 5) is 2.30. The van der Waals surface area contributed by atoms with Crippen LogP contribution in [0.5, 0.6) is 0 Å². The molecule has 1 heterocycles. The summed E-state index contributed by atoms with van der Waals surface area (Å²) in [6.45, 7) is 7.91. The Balaban J connectivity index is 2.41. The Morgan fingerprint density at radius 2 is 2.05 bits per heavy atom. The number of nitrogens with one attached hydrogen (secondary N) is 1. The molecule has 2 atom stereocenters. The van der Waals surface area contributed by atoms with Crippen molar-refractivity contribution in [2.75, 3.05) is 32.8 Å². The van der Waals surface area contributed by atoms with Crippen LogP contribution in [0.25, 0.3) is 0 Å². The number of ether oxygens (including phenoxy) is 1. The van der Waals surface area contributed by atoms with Gasteiger partial charge < -0.3 is 10.1 Å². The van der Waals surface area contributed by atoms with Crippen LogP contribution in [0.15, 0.2) is 0 Å². The maximum atomic E-state index is 12.1. The van der Waals surface area contributed by atoms with Crippen LogP contribution in [0.1, 0.15) is 40.0 Å². The molecule has 6 heteroatoms. The third kappa shape index (κ3) is 8.02. The fourth-order valence-corrected chi connectivity index (χ4v) is 2.89. The minimum atomic E-state index is -4.23. The molecule has 1 aliphatic heterocycles. The lowest BCUT2D eigenvalue weighted by Crippen LogP contribution is -2.57. The third-order valence-electron chi connectivity index (χ3n) is 3.78. The first-order chi connectivity index (χ1) is 9.81. The van der Waals surface area contributed by atoms with Gasteiger partial charge in [0, 0.05) is 31.7 Å². The molecule has 21 heavy (non-hydrogen) atoms. The van der Waals surface area contributed by atoms with Crippen molar-refractivity contribution in [1.82, 2.24) is 10.2 Å². The van der Waals surface area contributed by atoms with E-state index >= 15 is 0 Å². The second-order valence-electron chi connectivity index (χ2n) is 6.34. The number of halogens is 3. The highest BCUT2D eigenvalue weighted by molar-refractivity contribution is 4.86. The van der Waals surface area contributed by atoms with Crippen molar-refractivity contribution in [3.05, 3.63) is 0 Å². The molecule has 2 unspecified atom stereocenters. The lowest BCUT2D eigenvalue weighted by molar-refractivity contribution is -0.175. The van der Waals surface area contributed by atoms with Crippen molar-refractivity contribution in [3.63, 3.8) is 0 Å². The summed E-state index contributed by atoms with van der Waals surface area (Å²) in [5.74, 6) is 0.582. The van der Waals surface area contributed by atoms with E-state index in [4.69, 9.17) is 4.74 Å².